The molecule has 2 aromatic carbocycles. The minimum absolute atomic E-state index is 0.0217. The van der Waals surface area contributed by atoms with Crippen molar-refractivity contribution in [1.82, 2.24) is 0 Å². The summed E-state index contributed by atoms with van der Waals surface area (Å²) in [5.41, 5.74) is 4.32. The Kier molecular flexibility index (Phi) is 5.59. The second-order valence-corrected chi connectivity index (χ2v) is 5.64. The van der Waals surface area contributed by atoms with Crippen LogP contribution in [0.15, 0.2) is 42.5 Å². The third-order valence-electron chi connectivity index (χ3n) is 3.48. The van der Waals surface area contributed by atoms with Gasteiger partial charge in [-0.3, -0.25) is 4.79 Å². The van der Waals surface area contributed by atoms with Gasteiger partial charge in [0.2, 0.25) is 5.91 Å². The van der Waals surface area contributed by atoms with Gasteiger partial charge in [0, 0.05) is 12.1 Å². The highest BCUT2D eigenvalue weighted by atomic mass is 16.5. The molecule has 0 radical (unpaired) electrons. The summed E-state index contributed by atoms with van der Waals surface area (Å²) in [5.74, 6) is 0.923. The number of rotatable bonds is 6. The van der Waals surface area contributed by atoms with E-state index in [0.29, 0.717) is 19.4 Å². The van der Waals surface area contributed by atoms with Crippen LogP contribution in [0.4, 0.5) is 5.69 Å². The Morgan fingerprint density at radius 1 is 1.00 bits per heavy atom. The van der Waals surface area contributed by atoms with Crippen LogP contribution in [0.1, 0.15) is 29.5 Å². The molecule has 0 spiro atoms. The van der Waals surface area contributed by atoms with Crippen molar-refractivity contribution in [3.8, 4) is 5.75 Å². The Balaban J connectivity index is 1.73. The lowest BCUT2D eigenvalue weighted by Gasteiger charge is -2.10. The van der Waals surface area contributed by atoms with E-state index < -0.39 is 0 Å². The number of anilines is 1. The average Bonchev–Trinajstić information content (AvgIpc) is 2.49. The van der Waals surface area contributed by atoms with Crippen LogP contribution in [0.3, 0.4) is 0 Å². The van der Waals surface area contributed by atoms with Gasteiger partial charge in [0.25, 0.3) is 0 Å². The monoisotopic (exact) mass is 297 g/mol. The maximum absolute atomic E-state index is 11.9. The number of amides is 1. The summed E-state index contributed by atoms with van der Waals surface area (Å²) in [5, 5.41) is 2.89. The van der Waals surface area contributed by atoms with Gasteiger partial charge < -0.3 is 10.1 Å². The number of benzene rings is 2. The molecule has 3 heteroatoms. The van der Waals surface area contributed by atoms with Crippen LogP contribution >= 0.6 is 0 Å². The minimum atomic E-state index is 0.0217. The van der Waals surface area contributed by atoms with E-state index in [0.717, 1.165) is 17.0 Å². The fourth-order valence-electron chi connectivity index (χ4n) is 2.14. The van der Waals surface area contributed by atoms with Gasteiger partial charge in [0.1, 0.15) is 5.75 Å². The summed E-state index contributed by atoms with van der Waals surface area (Å²) in [6.45, 7) is 6.64. The molecule has 0 aliphatic carbocycles. The molecule has 3 nitrogen and oxygen atoms in total. The summed E-state index contributed by atoms with van der Waals surface area (Å²) in [6, 6.07) is 14.0. The first-order valence-electron chi connectivity index (χ1n) is 7.61. The Morgan fingerprint density at radius 2 is 1.68 bits per heavy atom. The van der Waals surface area contributed by atoms with Crippen molar-refractivity contribution in [1.29, 1.82) is 0 Å². The number of aryl methyl sites for hydroxylation is 3. The molecule has 2 rings (SSSR count). The zero-order valence-electron chi connectivity index (χ0n) is 13.5. The van der Waals surface area contributed by atoms with Gasteiger partial charge in [0.05, 0.1) is 6.61 Å². The van der Waals surface area contributed by atoms with Crippen molar-refractivity contribution in [3.63, 3.8) is 0 Å². The maximum Gasteiger partial charge on any atom is 0.224 e. The Hall–Kier alpha value is -2.29. The molecule has 116 valence electrons. The van der Waals surface area contributed by atoms with Crippen LogP contribution in [0.5, 0.6) is 5.75 Å². The molecule has 1 N–H and O–H groups in total. The first-order valence-corrected chi connectivity index (χ1v) is 7.61. The molecule has 0 aliphatic rings. The van der Waals surface area contributed by atoms with E-state index in [1.807, 2.05) is 51.1 Å². The van der Waals surface area contributed by atoms with E-state index in [9.17, 15) is 4.79 Å². The van der Waals surface area contributed by atoms with E-state index in [1.54, 1.807) is 0 Å². The standard InChI is InChI=1S/C19H23NO2/c1-14-7-10-17(11-8-14)20-19(21)5-4-12-22-18-13-15(2)6-9-16(18)3/h6-11,13H,4-5,12H2,1-3H3,(H,20,21). The highest BCUT2D eigenvalue weighted by molar-refractivity contribution is 5.90. The lowest BCUT2D eigenvalue weighted by molar-refractivity contribution is -0.116. The summed E-state index contributed by atoms with van der Waals surface area (Å²) >= 11 is 0. The smallest absolute Gasteiger partial charge is 0.224 e. The SMILES string of the molecule is Cc1ccc(NC(=O)CCCOc2cc(C)ccc2C)cc1. The van der Waals surface area contributed by atoms with Gasteiger partial charge in [-0.05, 0) is 56.5 Å². The van der Waals surface area contributed by atoms with Gasteiger partial charge >= 0.3 is 0 Å². The first kappa shape index (κ1) is 16.1. The summed E-state index contributed by atoms with van der Waals surface area (Å²) in [6.07, 6.45) is 1.16. The van der Waals surface area contributed by atoms with Gasteiger partial charge in [-0.15, -0.1) is 0 Å². The quantitative estimate of drug-likeness (QED) is 0.802. The predicted molar refractivity (Wildman–Crippen MR) is 90.5 cm³/mol. The summed E-state index contributed by atoms with van der Waals surface area (Å²) in [7, 11) is 0. The average molecular weight is 297 g/mol. The number of nitrogens with one attached hydrogen (secondary N) is 1. The fourth-order valence-corrected chi connectivity index (χ4v) is 2.14. The Morgan fingerprint density at radius 3 is 2.41 bits per heavy atom. The molecule has 2 aromatic rings. The second kappa shape index (κ2) is 7.64. The van der Waals surface area contributed by atoms with E-state index in [2.05, 4.69) is 17.4 Å². The largest absolute Gasteiger partial charge is 0.493 e. The first-order chi connectivity index (χ1) is 10.5. The van der Waals surface area contributed by atoms with Crippen molar-refractivity contribution in [2.45, 2.75) is 33.6 Å². The van der Waals surface area contributed by atoms with E-state index in [-0.39, 0.29) is 5.91 Å². The minimum Gasteiger partial charge on any atom is -0.493 e. The molecule has 0 aromatic heterocycles. The van der Waals surface area contributed by atoms with Gasteiger partial charge in [-0.1, -0.05) is 29.8 Å². The van der Waals surface area contributed by atoms with Crippen LogP contribution in [0.2, 0.25) is 0 Å². The molecule has 0 saturated carbocycles. The van der Waals surface area contributed by atoms with Crippen molar-refractivity contribution >= 4 is 11.6 Å². The zero-order valence-corrected chi connectivity index (χ0v) is 13.5. The Bertz CT molecular complexity index is 632. The number of ether oxygens (including phenoxy) is 1. The summed E-state index contributed by atoms with van der Waals surface area (Å²) < 4.78 is 5.75. The molecule has 0 heterocycles. The highest BCUT2D eigenvalue weighted by Gasteiger charge is 2.04. The fraction of sp³-hybridized carbons (Fsp3) is 0.316. The van der Waals surface area contributed by atoms with Crippen LogP contribution in [-0.4, -0.2) is 12.5 Å². The predicted octanol–water partition coefficient (Wildman–Crippen LogP) is 4.41. The van der Waals surface area contributed by atoms with E-state index >= 15 is 0 Å². The molecular weight excluding hydrogens is 274 g/mol. The van der Waals surface area contributed by atoms with Crippen molar-refractivity contribution < 1.29 is 9.53 Å². The molecule has 0 unspecified atom stereocenters. The lowest BCUT2D eigenvalue weighted by atomic mass is 10.1. The van der Waals surface area contributed by atoms with Gasteiger partial charge in [-0.25, -0.2) is 0 Å². The molecule has 0 fully saturated rings. The van der Waals surface area contributed by atoms with E-state index in [4.69, 9.17) is 4.74 Å². The van der Waals surface area contributed by atoms with E-state index in [1.165, 1.54) is 11.1 Å². The lowest BCUT2D eigenvalue weighted by Crippen LogP contribution is -2.12. The van der Waals surface area contributed by atoms with Gasteiger partial charge in [0.15, 0.2) is 0 Å². The highest BCUT2D eigenvalue weighted by Crippen LogP contribution is 2.19. The Labute approximate surface area is 132 Å². The van der Waals surface area contributed by atoms with Crippen molar-refractivity contribution in [2.75, 3.05) is 11.9 Å². The number of hydrogen-bond donors (Lipinski definition) is 1. The summed E-state index contributed by atoms with van der Waals surface area (Å²) in [4.78, 5) is 11.9. The number of carbonyl (C=O) groups is 1. The second-order valence-electron chi connectivity index (χ2n) is 5.64. The van der Waals surface area contributed by atoms with Crippen molar-refractivity contribution in [3.05, 3.63) is 59.2 Å². The van der Waals surface area contributed by atoms with Crippen molar-refractivity contribution in [2.24, 2.45) is 0 Å². The zero-order chi connectivity index (χ0) is 15.9. The molecular formula is C19H23NO2. The third kappa shape index (κ3) is 4.92. The van der Waals surface area contributed by atoms with Crippen LogP contribution in [-0.2, 0) is 4.79 Å². The molecule has 1 amide bonds. The molecule has 22 heavy (non-hydrogen) atoms. The van der Waals surface area contributed by atoms with Crippen LogP contribution in [0.25, 0.3) is 0 Å². The molecule has 0 bridgehead atoms. The number of carbonyl (C=O) groups excluding carboxylic acids is 1. The maximum atomic E-state index is 11.9. The molecule has 0 aliphatic heterocycles. The molecule has 0 saturated heterocycles. The number of hydrogen-bond acceptors (Lipinski definition) is 2. The van der Waals surface area contributed by atoms with Crippen LogP contribution in [0, 0.1) is 20.8 Å². The third-order valence-corrected chi connectivity index (χ3v) is 3.48. The van der Waals surface area contributed by atoms with Gasteiger partial charge in [-0.2, -0.15) is 0 Å². The topological polar surface area (TPSA) is 38.3 Å². The normalized spacial score (nSPS) is 10.3. The van der Waals surface area contributed by atoms with Crippen LogP contribution < -0.4 is 10.1 Å². The molecule has 0 atom stereocenters.